The number of thiophene rings is 1. The fourth-order valence-corrected chi connectivity index (χ4v) is 2.48. The fraction of sp³-hybridized carbons (Fsp3) is 0.154. The molecule has 0 radical (unpaired) electrons. The van der Waals surface area contributed by atoms with E-state index in [0.29, 0.717) is 23.5 Å². The third-order valence-electron chi connectivity index (χ3n) is 2.79. The Labute approximate surface area is 124 Å². The van der Waals surface area contributed by atoms with Crippen LogP contribution in [0.5, 0.6) is 5.75 Å². The van der Waals surface area contributed by atoms with Crippen molar-refractivity contribution in [3.05, 3.63) is 50.9 Å². The van der Waals surface area contributed by atoms with Gasteiger partial charge in [-0.1, -0.05) is 11.3 Å². The number of amides is 1. The molecule has 1 aromatic carbocycles. The zero-order valence-electron chi connectivity index (χ0n) is 11.2. The number of hydrogen-bond donors (Lipinski definition) is 2. The first-order chi connectivity index (χ1) is 10.0. The van der Waals surface area contributed by atoms with E-state index in [1.807, 2.05) is 0 Å². The van der Waals surface area contributed by atoms with Crippen molar-refractivity contribution in [3.63, 3.8) is 0 Å². The van der Waals surface area contributed by atoms with Crippen LogP contribution in [0.2, 0.25) is 0 Å². The monoisotopic (exact) mass is 307 g/mol. The molecule has 0 saturated carbocycles. The summed E-state index contributed by atoms with van der Waals surface area (Å²) in [4.78, 5) is 21.4. The number of nitrogens with zero attached hydrogens (tertiary/aromatic N) is 1. The number of carbonyl (C=O) groups is 1. The second kappa shape index (κ2) is 6.23. The van der Waals surface area contributed by atoms with Gasteiger partial charge < -0.3 is 15.8 Å². The van der Waals surface area contributed by atoms with Crippen LogP contribution in [0, 0.1) is 10.1 Å². The topological polar surface area (TPSA) is 107 Å². The van der Waals surface area contributed by atoms with Gasteiger partial charge in [0, 0.05) is 23.6 Å². The van der Waals surface area contributed by atoms with Crippen molar-refractivity contribution in [3.8, 4) is 5.75 Å². The maximum absolute atomic E-state index is 11.2. The molecule has 3 N–H and O–H groups in total. The molecule has 1 amide bonds. The molecule has 0 atom stereocenters. The molecule has 0 saturated heterocycles. The van der Waals surface area contributed by atoms with Gasteiger partial charge in [0.2, 0.25) is 5.91 Å². The number of carbonyl (C=O) groups excluding carboxylic acids is 1. The second-order valence-corrected chi connectivity index (χ2v) is 5.07. The summed E-state index contributed by atoms with van der Waals surface area (Å²) in [5.74, 6) is 0.0246. The van der Waals surface area contributed by atoms with Gasteiger partial charge in [0.15, 0.2) is 0 Å². The van der Waals surface area contributed by atoms with E-state index < -0.39 is 10.8 Å². The Morgan fingerprint density at radius 1 is 1.48 bits per heavy atom. The van der Waals surface area contributed by atoms with E-state index in [9.17, 15) is 14.9 Å². The number of primary amides is 1. The lowest BCUT2D eigenvalue weighted by Gasteiger charge is -2.11. The first-order valence-corrected chi connectivity index (χ1v) is 6.82. The van der Waals surface area contributed by atoms with Crippen LogP contribution in [0.15, 0.2) is 29.6 Å². The maximum atomic E-state index is 11.2. The number of anilines is 1. The summed E-state index contributed by atoms with van der Waals surface area (Å²) in [6.45, 7) is 0.378. The molecular formula is C13H13N3O4S. The van der Waals surface area contributed by atoms with Crippen molar-refractivity contribution in [1.82, 2.24) is 0 Å². The molecule has 0 unspecified atom stereocenters. The normalized spacial score (nSPS) is 10.1. The zero-order chi connectivity index (χ0) is 15.4. The number of nitrogens with two attached hydrogens (primary N) is 1. The summed E-state index contributed by atoms with van der Waals surface area (Å²) in [7, 11) is 1.51. The van der Waals surface area contributed by atoms with Gasteiger partial charge in [-0.05, 0) is 23.8 Å². The van der Waals surface area contributed by atoms with Crippen molar-refractivity contribution in [2.45, 2.75) is 6.54 Å². The van der Waals surface area contributed by atoms with Gasteiger partial charge in [0.05, 0.1) is 17.7 Å². The molecule has 1 heterocycles. The molecule has 0 bridgehead atoms. The third-order valence-corrected chi connectivity index (χ3v) is 3.72. The Bertz CT molecular complexity index is 684. The summed E-state index contributed by atoms with van der Waals surface area (Å²) >= 11 is 1.07. The average Bonchev–Trinajstić information content (AvgIpc) is 2.93. The fourth-order valence-electron chi connectivity index (χ4n) is 1.75. The standard InChI is InChI=1S/C13H13N3O4S/c1-20-11-3-2-9(13(14)17)5-10(11)15-6-8-4-12(16(18)19)21-7-8/h2-5,7,15H,6H2,1H3,(H2,14,17). The molecule has 7 nitrogen and oxygen atoms in total. The summed E-state index contributed by atoms with van der Waals surface area (Å²) in [5.41, 5.74) is 6.97. The van der Waals surface area contributed by atoms with E-state index in [1.54, 1.807) is 23.6 Å². The summed E-state index contributed by atoms with van der Waals surface area (Å²) in [6.07, 6.45) is 0. The highest BCUT2D eigenvalue weighted by Crippen LogP contribution is 2.27. The number of nitro groups is 1. The highest BCUT2D eigenvalue weighted by molar-refractivity contribution is 7.13. The van der Waals surface area contributed by atoms with E-state index in [-0.39, 0.29) is 5.00 Å². The number of methoxy groups -OCH3 is 1. The summed E-state index contributed by atoms with van der Waals surface area (Å²) in [6, 6.07) is 6.30. The average molecular weight is 307 g/mol. The number of nitrogens with one attached hydrogen (secondary N) is 1. The summed E-state index contributed by atoms with van der Waals surface area (Å²) < 4.78 is 5.19. The summed E-state index contributed by atoms with van der Waals surface area (Å²) in [5, 5.41) is 15.5. The van der Waals surface area contributed by atoms with Gasteiger partial charge in [-0.15, -0.1) is 0 Å². The maximum Gasteiger partial charge on any atom is 0.324 e. The Balaban J connectivity index is 2.15. The lowest BCUT2D eigenvalue weighted by atomic mass is 10.1. The predicted molar refractivity (Wildman–Crippen MR) is 79.8 cm³/mol. The van der Waals surface area contributed by atoms with Crippen LogP contribution in [0.4, 0.5) is 10.7 Å². The molecule has 1 aromatic heterocycles. The van der Waals surface area contributed by atoms with Crippen LogP contribution in [-0.2, 0) is 6.54 Å². The van der Waals surface area contributed by atoms with E-state index in [0.717, 1.165) is 16.9 Å². The van der Waals surface area contributed by atoms with Gasteiger partial charge in [-0.25, -0.2) is 0 Å². The number of ether oxygens (including phenoxy) is 1. The first kappa shape index (κ1) is 14.8. The smallest absolute Gasteiger partial charge is 0.324 e. The highest BCUT2D eigenvalue weighted by atomic mass is 32.1. The molecular weight excluding hydrogens is 294 g/mol. The lowest BCUT2D eigenvalue weighted by Crippen LogP contribution is -2.11. The van der Waals surface area contributed by atoms with Gasteiger partial charge in [-0.2, -0.15) is 0 Å². The minimum absolute atomic E-state index is 0.0876. The van der Waals surface area contributed by atoms with E-state index >= 15 is 0 Å². The van der Waals surface area contributed by atoms with Crippen LogP contribution >= 0.6 is 11.3 Å². The Kier molecular flexibility index (Phi) is 4.39. The molecule has 110 valence electrons. The molecule has 0 aliphatic heterocycles. The first-order valence-electron chi connectivity index (χ1n) is 5.94. The Morgan fingerprint density at radius 2 is 2.24 bits per heavy atom. The SMILES string of the molecule is COc1ccc(C(N)=O)cc1NCc1csc([N+](=O)[O-])c1. The molecule has 21 heavy (non-hydrogen) atoms. The molecule has 0 aliphatic carbocycles. The molecule has 2 aromatic rings. The minimum Gasteiger partial charge on any atom is -0.495 e. The quantitative estimate of drug-likeness (QED) is 0.629. The van der Waals surface area contributed by atoms with Crippen molar-refractivity contribution in [2.24, 2.45) is 5.73 Å². The van der Waals surface area contributed by atoms with Crippen LogP contribution in [0.3, 0.4) is 0 Å². The van der Waals surface area contributed by atoms with Crippen molar-refractivity contribution < 1.29 is 14.5 Å². The van der Waals surface area contributed by atoms with E-state index in [2.05, 4.69) is 5.32 Å². The highest BCUT2D eigenvalue weighted by Gasteiger charge is 2.11. The van der Waals surface area contributed by atoms with Crippen LogP contribution in [0.25, 0.3) is 0 Å². The second-order valence-electron chi connectivity index (χ2n) is 4.18. The minimum atomic E-state index is -0.535. The van der Waals surface area contributed by atoms with Crippen LogP contribution in [0.1, 0.15) is 15.9 Å². The molecule has 0 aliphatic rings. The van der Waals surface area contributed by atoms with Gasteiger partial charge in [0.25, 0.3) is 0 Å². The lowest BCUT2D eigenvalue weighted by molar-refractivity contribution is -0.380. The zero-order valence-corrected chi connectivity index (χ0v) is 12.0. The van der Waals surface area contributed by atoms with Crippen molar-refractivity contribution in [2.75, 3.05) is 12.4 Å². The molecule has 2 rings (SSSR count). The van der Waals surface area contributed by atoms with Crippen molar-refractivity contribution >= 4 is 27.9 Å². The van der Waals surface area contributed by atoms with Crippen LogP contribution in [-0.4, -0.2) is 17.9 Å². The number of rotatable bonds is 6. The molecule has 0 spiro atoms. The molecule has 8 heteroatoms. The van der Waals surface area contributed by atoms with Crippen molar-refractivity contribution in [1.29, 1.82) is 0 Å². The van der Waals surface area contributed by atoms with Gasteiger partial charge >= 0.3 is 5.00 Å². The predicted octanol–water partition coefficient (Wildman–Crippen LogP) is 2.38. The third kappa shape index (κ3) is 3.48. The van der Waals surface area contributed by atoms with Gasteiger partial charge in [0.1, 0.15) is 5.75 Å². The van der Waals surface area contributed by atoms with Crippen LogP contribution < -0.4 is 15.8 Å². The Hall–Kier alpha value is -2.61. The van der Waals surface area contributed by atoms with E-state index in [4.69, 9.17) is 10.5 Å². The number of hydrogen-bond acceptors (Lipinski definition) is 6. The Morgan fingerprint density at radius 3 is 2.81 bits per heavy atom. The van der Waals surface area contributed by atoms with E-state index in [1.165, 1.54) is 13.2 Å². The number of benzene rings is 1. The molecule has 0 fully saturated rings. The van der Waals surface area contributed by atoms with Gasteiger partial charge in [-0.3, -0.25) is 14.9 Å². The largest absolute Gasteiger partial charge is 0.495 e.